The molecule has 0 amide bonds. The molecule has 0 fully saturated rings. The molecular formula is C57H50BNO. The predicted octanol–water partition coefficient (Wildman–Crippen LogP) is 13.8. The first kappa shape index (κ1) is 37.7. The van der Waals surface area contributed by atoms with Crippen LogP contribution in [0.1, 0.15) is 58.1 Å². The number of benzene rings is 8. The van der Waals surface area contributed by atoms with Crippen LogP contribution in [-0.2, 0) is 11.8 Å². The van der Waals surface area contributed by atoms with Crippen molar-refractivity contribution in [2.75, 3.05) is 4.90 Å². The lowest BCUT2D eigenvalue weighted by atomic mass is 9.34. The maximum absolute atomic E-state index is 7.14. The normalized spacial score (nSPS) is 12.7. The van der Waals surface area contributed by atoms with E-state index in [0.29, 0.717) is 0 Å². The van der Waals surface area contributed by atoms with Crippen molar-refractivity contribution in [2.45, 2.75) is 58.8 Å². The van der Waals surface area contributed by atoms with Crippen molar-refractivity contribution in [2.24, 2.45) is 0 Å². The minimum Gasteiger partial charge on any atom is -0.458 e. The van der Waals surface area contributed by atoms with Gasteiger partial charge in [0.1, 0.15) is 11.5 Å². The molecule has 8 aromatic carbocycles. The van der Waals surface area contributed by atoms with E-state index in [1.807, 2.05) is 0 Å². The van der Waals surface area contributed by atoms with Crippen LogP contribution in [0.2, 0.25) is 0 Å². The Labute approximate surface area is 356 Å². The van der Waals surface area contributed by atoms with Gasteiger partial charge in [-0.15, -0.1) is 0 Å². The molecule has 0 aliphatic carbocycles. The van der Waals surface area contributed by atoms with Crippen LogP contribution < -0.4 is 26.0 Å². The first-order chi connectivity index (χ1) is 29.4. The highest BCUT2D eigenvalue weighted by Gasteiger charge is 2.43. The first-order valence-corrected chi connectivity index (χ1v) is 21.7. The topological polar surface area (TPSA) is 12.5 Å². The van der Waals surface area contributed by atoms with Gasteiger partial charge in [0, 0.05) is 22.5 Å². The summed E-state index contributed by atoms with van der Waals surface area (Å²) < 4.78 is 7.14. The van der Waals surface area contributed by atoms with Crippen molar-refractivity contribution in [1.29, 1.82) is 0 Å². The molecule has 0 saturated carbocycles. The van der Waals surface area contributed by atoms with Gasteiger partial charge >= 0.3 is 0 Å². The second-order valence-electron chi connectivity index (χ2n) is 17.5. The van der Waals surface area contributed by atoms with Crippen LogP contribution in [0.15, 0.2) is 182 Å². The van der Waals surface area contributed by atoms with Crippen molar-refractivity contribution in [3.63, 3.8) is 0 Å². The summed E-state index contributed by atoms with van der Waals surface area (Å²) in [5, 5.41) is 0. The second-order valence-corrected chi connectivity index (χ2v) is 17.5. The Morgan fingerprint density at radius 3 is 1.57 bits per heavy atom. The van der Waals surface area contributed by atoms with Gasteiger partial charge in [-0.05, 0) is 116 Å². The van der Waals surface area contributed by atoms with E-state index in [1.54, 1.807) is 0 Å². The van der Waals surface area contributed by atoms with Crippen LogP contribution in [0.3, 0.4) is 0 Å². The van der Waals surface area contributed by atoms with Crippen molar-refractivity contribution < 1.29 is 4.74 Å². The maximum atomic E-state index is 7.14. The molecule has 60 heavy (non-hydrogen) atoms. The summed E-state index contributed by atoms with van der Waals surface area (Å²) in [7, 11) is 0. The molecule has 2 nitrogen and oxygen atoms in total. The standard InChI is InChI=1S/C57H50BNO/c1-5-6-11-20-39-33-52-55-54(34-39)60-53-32-30-45(41-23-14-8-15-24-41)36-50(53)58(55)49-35-44(40-21-12-7-13-22-40)29-31-51(49)59(52)56-47(42-25-16-9-17-26-42)37-46(57(2,3)4)38-48(56)43-27-18-10-19-28-43/h7-10,12-19,21-38H,5-6,11,20H2,1-4H3. The van der Waals surface area contributed by atoms with Gasteiger partial charge in [0.25, 0.3) is 6.71 Å². The smallest absolute Gasteiger partial charge is 0.256 e. The van der Waals surface area contributed by atoms with Gasteiger partial charge in [-0.2, -0.15) is 0 Å². The van der Waals surface area contributed by atoms with Crippen LogP contribution in [0.5, 0.6) is 11.5 Å². The number of hydrogen-bond acceptors (Lipinski definition) is 2. The van der Waals surface area contributed by atoms with Gasteiger partial charge in [0.15, 0.2) is 0 Å². The fourth-order valence-electron chi connectivity index (χ4n) is 9.38. The van der Waals surface area contributed by atoms with Gasteiger partial charge in [0.2, 0.25) is 0 Å². The van der Waals surface area contributed by atoms with Crippen molar-refractivity contribution in [3.05, 3.63) is 193 Å². The average molecular weight is 776 g/mol. The quantitative estimate of drug-likeness (QED) is 0.107. The molecule has 0 aromatic heterocycles. The Balaban J connectivity index is 1.32. The van der Waals surface area contributed by atoms with Crippen molar-refractivity contribution >= 4 is 40.2 Å². The molecule has 2 aliphatic rings. The van der Waals surface area contributed by atoms with E-state index in [1.165, 1.54) is 102 Å². The minimum absolute atomic E-state index is 0.0452. The van der Waals surface area contributed by atoms with Crippen molar-refractivity contribution in [3.8, 4) is 56.0 Å². The number of fused-ring (bicyclic) bond motifs is 4. The summed E-state index contributed by atoms with van der Waals surface area (Å²) in [6, 6.07) is 67.3. The molecular weight excluding hydrogens is 725 g/mol. The molecule has 8 aromatic rings. The number of nitrogens with zero attached hydrogens (tertiary/aromatic N) is 1. The number of rotatable bonds is 9. The van der Waals surface area contributed by atoms with Gasteiger partial charge in [-0.3, -0.25) is 0 Å². The van der Waals surface area contributed by atoms with Crippen LogP contribution >= 0.6 is 0 Å². The van der Waals surface area contributed by atoms with E-state index in [2.05, 4.69) is 215 Å². The lowest BCUT2D eigenvalue weighted by Crippen LogP contribution is -2.59. The van der Waals surface area contributed by atoms with Gasteiger partial charge in [-0.1, -0.05) is 186 Å². The zero-order chi connectivity index (χ0) is 40.8. The summed E-state index contributed by atoms with van der Waals surface area (Å²) in [6.07, 6.45) is 4.50. The van der Waals surface area contributed by atoms with E-state index in [4.69, 9.17) is 4.74 Å². The second kappa shape index (κ2) is 15.5. The van der Waals surface area contributed by atoms with Gasteiger partial charge in [-0.25, -0.2) is 0 Å². The lowest BCUT2D eigenvalue weighted by molar-refractivity contribution is 0.486. The third kappa shape index (κ3) is 6.82. The molecule has 0 spiro atoms. The number of anilines is 3. The maximum Gasteiger partial charge on any atom is 0.256 e. The predicted molar refractivity (Wildman–Crippen MR) is 256 cm³/mol. The van der Waals surface area contributed by atoms with E-state index in [0.717, 1.165) is 24.3 Å². The summed E-state index contributed by atoms with van der Waals surface area (Å²) in [4.78, 5) is 2.61. The van der Waals surface area contributed by atoms with E-state index >= 15 is 0 Å². The lowest BCUT2D eigenvalue weighted by Gasteiger charge is -2.42. The molecule has 0 N–H and O–H groups in total. The Hall–Kier alpha value is -6.58. The minimum atomic E-state index is -0.0759. The molecule has 292 valence electrons. The summed E-state index contributed by atoms with van der Waals surface area (Å²) in [6.45, 7) is 9.21. The SMILES string of the molecule is CCCCCc1cc2c3c(c1)N(c1c(-c4ccccc4)cc(C(C)(C)C)cc1-c1ccccc1)c1ccc(-c4ccccc4)cc1B3c1cc(-c3ccccc3)ccc1O2. The molecule has 0 unspecified atom stereocenters. The first-order valence-electron chi connectivity index (χ1n) is 21.7. The molecule has 0 saturated heterocycles. The zero-order valence-corrected chi connectivity index (χ0v) is 35.1. The molecule has 0 bridgehead atoms. The van der Waals surface area contributed by atoms with E-state index in [-0.39, 0.29) is 12.1 Å². The number of hydrogen-bond donors (Lipinski definition) is 0. The average Bonchev–Trinajstić information content (AvgIpc) is 3.29. The fraction of sp³-hybridized carbons (Fsp3) is 0.158. The van der Waals surface area contributed by atoms with Crippen LogP contribution in [0, 0.1) is 0 Å². The monoisotopic (exact) mass is 775 g/mol. The number of ether oxygens (including phenoxy) is 1. The van der Waals surface area contributed by atoms with Gasteiger partial charge < -0.3 is 9.64 Å². The highest BCUT2D eigenvalue weighted by Crippen LogP contribution is 2.51. The Kier molecular flexibility index (Phi) is 9.76. The van der Waals surface area contributed by atoms with Crippen LogP contribution in [-0.4, -0.2) is 6.71 Å². The summed E-state index contributed by atoms with van der Waals surface area (Å²) in [5.74, 6) is 1.89. The largest absolute Gasteiger partial charge is 0.458 e. The fourth-order valence-corrected chi connectivity index (χ4v) is 9.38. The van der Waals surface area contributed by atoms with E-state index < -0.39 is 0 Å². The Morgan fingerprint density at radius 2 is 1.02 bits per heavy atom. The third-order valence-electron chi connectivity index (χ3n) is 12.5. The molecule has 0 atom stereocenters. The highest BCUT2D eigenvalue weighted by molar-refractivity contribution is 6.99. The van der Waals surface area contributed by atoms with E-state index in [9.17, 15) is 0 Å². The van der Waals surface area contributed by atoms with Crippen molar-refractivity contribution in [1.82, 2.24) is 0 Å². The summed E-state index contributed by atoms with van der Waals surface area (Å²) in [5.41, 5.74) is 19.4. The third-order valence-corrected chi connectivity index (χ3v) is 12.5. The molecule has 0 radical (unpaired) electrons. The molecule has 3 heteroatoms. The number of aryl methyl sites for hydroxylation is 1. The molecule has 2 aliphatic heterocycles. The Bertz CT molecular complexity index is 2770. The van der Waals surface area contributed by atoms with Gasteiger partial charge in [0.05, 0.1) is 5.69 Å². The highest BCUT2D eigenvalue weighted by atomic mass is 16.5. The zero-order valence-electron chi connectivity index (χ0n) is 35.1. The Morgan fingerprint density at radius 1 is 0.483 bits per heavy atom. The number of unbranched alkanes of at least 4 members (excludes halogenated alkanes) is 2. The molecule has 10 rings (SSSR count). The summed E-state index contributed by atoms with van der Waals surface area (Å²) >= 11 is 0. The van der Waals surface area contributed by atoms with Crippen LogP contribution in [0.4, 0.5) is 17.1 Å². The molecule has 2 heterocycles. The van der Waals surface area contributed by atoms with Crippen LogP contribution in [0.25, 0.3) is 44.5 Å².